The minimum atomic E-state index is 0.695. The Bertz CT molecular complexity index is 690. The van der Waals surface area contributed by atoms with Crippen LogP contribution < -0.4 is 0 Å². The van der Waals surface area contributed by atoms with E-state index in [-0.39, 0.29) is 0 Å². The van der Waals surface area contributed by atoms with Crippen LogP contribution in [0, 0.1) is 17.8 Å². The van der Waals surface area contributed by atoms with Gasteiger partial charge in [0.25, 0.3) is 0 Å². The van der Waals surface area contributed by atoms with Crippen LogP contribution in [0.2, 0.25) is 0 Å². The van der Waals surface area contributed by atoms with Gasteiger partial charge >= 0.3 is 0 Å². The van der Waals surface area contributed by atoms with E-state index in [4.69, 9.17) is 0 Å². The van der Waals surface area contributed by atoms with Crippen LogP contribution in [0.25, 0.3) is 6.08 Å². The summed E-state index contributed by atoms with van der Waals surface area (Å²) >= 11 is 0. The molecule has 1 aromatic rings. The summed E-state index contributed by atoms with van der Waals surface area (Å²) in [5.41, 5.74) is 6.07. The van der Waals surface area contributed by atoms with Gasteiger partial charge < -0.3 is 0 Å². The van der Waals surface area contributed by atoms with E-state index in [0.29, 0.717) is 5.92 Å². The maximum atomic E-state index is 2.41. The van der Waals surface area contributed by atoms with Crippen molar-refractivity contribution in [3.8, 4) is 0 Å². The Kier molecular flexibility index (Phi) is 5.48. The van der Waals surface area contributed by atoms with Gasteiger partial charge in [-0.3, -0.25) is 0 Å². The first-order valence-electron chi connectivity index (χ1n) is 10.9. The maximum absolute atomic E-state index is 2.41. The molecule has 1 aromatic carbocycles. The fraction of sp³-hybridized carbons (Fsp3) is 0.538. The Balaban J connectivity index is 1.42. The van der Waals surface area contributed by atoms with E-state index < -0.39 is 0 Å². The summed E-state index contributed by atoms with van der Waals surface area (Å²) in [4.78, 5) is 0. The topological polar surface area (TPSA) is 0 Å². The third-order valence-corrected chi connectivity index (χ3v) is 6.76. The molecule has 26 heavy (non-hydrogen) atoms. The third-order valence-electron chi connectivity index (χ3n) is 6.76. The van der Waals surface area contributed by atoms with Crippen LogP contribution in [0.4, 0.5) is 0 Å². The van der Waals surface area contributed by atoms with Crippen molar-refractivity contribution in [1.82, 2.24) is 0 Å². The number of allylic oxidation sites excluding steroid dienone is 5. The Hall–Kier alpha value is -1.56. The molecule has 0 aromatic heterocycles. The lowest BCUT2D eigenvalue weighted by atomic mass is 9.91. The zero-order valence-electron chi connectivity index (χ0n) is 16.6. The molecule has 4 rings (SSSR count). The maximum Gasteiger partial charge on any atom is -0.0162 e. The van der Waals surface area contributed by atoms with Gasteiger partial charge in [-0.05, 0) is 66.1 Å². The molecule has 138 valence electrons. The second kappa shape index (κ2) is 7.99. The van der Waals surface area contributed by atoms with Crippen LogP contribution in [-0.2, 0) is 0 Å². The highest BCUT2D eigenvalue weighted by molar-refractivity contribution is 5.54. The van der Waals surface area contributed by atoms with Crippen LogP contribution in [-0.4, -0.2) is 0 Å². The molecule has 2 unspecified atom stereocenters. The molecule has 0 N–H and O–H groups in total. The second-order valence-electron chi connectivity index (χ2n) is 9.06. The van der Waals surface area contributed by atoms with Crippen molar-refractivity contribution in [1.29, 1.82) is 0 Å². The van der Waals surface area contributed by atoms with E-state index in [1.165, 1.54) is 62.5 Å². The van der Waals surface area contributed by atoms with Crippen molar-refractivity contribution in [3.05, 3.63) is 64.8 Å². The summed E-state index contributed by atoms with van der Waals surface area (Å²) in [7, 11) is 0. The Morgan fingerprint density at radius 1 is 0.885 bits per heavy atom. The molecule has 0 bridgehead atoms. The molecule has 0 saturated heterocycles. The predicted octanol–water partition coefficient (Wildman–Crippen LogP) is 7.69. The summed E-state index contributed by atoms with van der Waals surface area (Å²) in [5, 5.41) is 0. The van der Waals surface area contributed by atoms with Gasteiger partial charge in [0, 0.05) is 0 Å². The van der Waals surface area contributed by atoms with E-state index in [2.05, 4.69) is 62.4 Å². The molecule has 2 saturated carbocycles. The largest absolute Gasteiger partial charge is 0.0642 e. The lowest BCUT2D eigenvalue weighted by molar-refractivity contribution is 0.592. The molecular formula is C26H34. The molecule has 0 heterocycles. The third kappa shape index (κ3) is 4.22. The molecule has 2 atom stereocenters. The summed E-state index contributed by atoms with van der Waals surface area (Å²) < 4.78 is 0. The van der Waals surface area contributed by atoms with Crippen LogP contribution in [0.3, 0.4) is 0 Å². The Morgan fingerprint density at radius 3 is 2.31 bits per heavy atom. The van der Waals surface area contributed by atoms with Crippen molar-refractivity contribution in [2.45, 2.75) is 71.1 Å². The van der Waals surface area contributed by atoms with E-state index in [1.54, 1.807) is 11.1 Å². The lowest BCUT2D eigenvalue weighted by Crippen LogP contribution is -1.96. The first kappa shape index (κ1) is 17.8. The lowest BCUT2D eigenvalue weighted by Gasteiger charge is -2.14. The van der Waals surface area contributed by atoms with Crippen molar-refractivity contribution in [2.24, 2.45) is 17.8 Å². The summed E-state index contributed by atoms with van der Waals surface area (Å²) in [6.45, 7) is 4.68. The highest BCUT2D eigenvalue weighted by atomic mass is 14.5. The molecule has 0 spiro atoms. The van der Waals surface area contributed by atoms with Gasteiger partial charge in [0.15, 0.2) is 0 Å². The molecule has 0 amide bonds. The van der Waals surface area contributed by atoms with Crippen molar-refractivity contribution in [2.75, 3.05) is 0 Å². The Morgan fingerprint density at radius 2 is 1.62 bits per heavy atom. The van der Waals surface area contributed by atoms with Crippen LogP contribution in [0.1, 0.15) is 82.3 Å². The Labute approximate surface area is 160 Å². The van der Waals surface area contributed by atoms with Gasteiger partial charge in [0.1, 0.15) is 0 Å². The smallest absolute Gasteiger partial charge is 0.0162 e. The number of benzene rings is 1. The summed E-state index contributed by atoms with van der Waals surface area (Å²) in [6, 6.07) is 9.41. The zero-order chi connectivity index (χ0) is 17.9. The first-order valence-corrected chi connectivity index (χ1v) is 10.9. The minimum absolute atomic E-state index is 0.695. The highest BCUT2D eigenvalue weighted by Crippen LogP contribution is 2.51. The molecule has 0 aliphatic heterocycles. The van der Waals surface area contributed by atoms with Crippen LogP contribution in [0.15, 0.2) is 53.6 Å². The highest BCUT2D eigenvalue weighted by Gasteiger charge is 2.41. The number of fused-ring (bicyclic) bond motifs is 1. The van der Waals surface area contributed by atoms with Gasteiger partial charge in [-0.25, -0.2) is 0 Å². The fourth-order valence-corrected chi connectivity index (χ4v) is 5.02. The summed E-state index contributed by atoms with van der Waals surface area (Å²) in [5.74, 6) is 3.27. The van der Waals surface area contributed by atoms with E-state index in [0.717, 1.165) is 17.8 Å². The molecule has 3 aliphatic rings. The van der Waals surface area contributed by atoms with Crippen LogP contribution >= 0.6 is 0 Å². The van der Waals surface area contributed by atoms with E-state index in [1.807, 2.05) is 0 Å². The SMILES string of the molecule is CC(C)C1=CC=C(/C=C\c2ccc(C3CCCCCC3)cc2)CC2CC12. The van der Waals surface area contributed by atoms with Gasteiger partial charge in [0.2, 0.25) is 0 Å². The van der Waals surface area contributed by atoms with Crippen molar-refractivity contribution >= 4 is 6.08 Å². The number of hydrogen-bond acceptors (Lipinski definition) is 0. The fourth-order valence-electron chi connectivity index (χ4n) is 5.02. The van der Waals surface area contributed by atoms with Crippen LogP contribution in [0.5, 0.6) is 0 Å². The quantitative estimate of drug-likeness (QED) is 0.490. The monoisotopic (exact) mass is 346 g/mol. The standard InChI is InChI=1S/C26H34/c1-19(2)25-16-13-21(17-24-18-26(24)25)10-9-20-11-14-23(15-12-20)22-7-5-3-4-6-8-22/h9-16,19,22,24,26H,3-8,17-18H2,1-2H3/b10-9-. The van der Waals surface area contributed by atoms with Gasteiger partial charge in [-0.2, -0.15) is 0 Å². The van der Waals surface area contributed by atoms with Crippen molar-refractivity contribution < 1.29 is 0 Å². The van der Waals surface area contributed by atoms with Gasteiger partial charge in [-0.15, -0.1) is 0 Å². The normalized spacial score (nSPS) is 26.9. The molecular weight excluding hydrogens is 312 g/mol. The average molecular weight is 347 g/mol. The second-order valence-corrected chi connectivity index (χ2v) is 9.06. The number of rotatable bonds is 4. The molecule has 0 heteroatoms. The van der Waals surface area contributed by atoms with E-state index in [9.17, 15) is 0 Å². The molecule has 3 aliphatic carbocycles. The number of hydrogen-bond donors (Lipinski definition) is 0. The molecule has 0 radical (unpaired) electrons. The summed E-state index contributed by atoms with van der Waals surface area (Å²) in [6.07, 6.45) is 20.6. The van der Waals surface area contributed by atoms with Gasteiger partial charge in [-0.1, -0.05) is 93.7 Å². The van der Waals surface area contributed by atoms with E-state index >= 15 is 0 Å². The average Bonchev–Trinajstić information content (AvgIpc) is 3.43. The first-order chi connectivity index (χ1) is 12.7. The molecule has 2 fully saturated rings. The van der Waals surface area contributed by atoms with Crippen molar-refractivity contribution in [3.63, 3.8) is 0 Å². The zero-order valence-corrected chi connectivity index (χ0v) is 16.6. The molecule has 0 nitrogen and oxygen atoms in total. The minimum Gasteiger partial charge on any atom is -0.0642 e. The predicted molar refractivity (Wildman–Crippen MR) is 113 cm³/mol. The van der Waals surface area contributed by atoms with Gasteiger partial charge in [0.05, 0.1) is 0 Å².